The molecule has 1 heterocycles. The number of aryl methyl sites for hydroxylation is 1. The number of carboxylic acid groups (broad SMARTS) is 1. The molecule has 1 aromatic carbocycles. The molecule has 100 valence electrons. The van der Waals surface area contributed by atoms with Gasteiger partial charge in [0.05, 0.1) is 4.90 Å². The van der Waals surface area contributed by atoms with Crippen LogP contribution in [0.2, 0.25) is 0 Å². The minimum absolute atomic E-state index is 0.000933. The van der Waals surface area contributed by atoms with Crippen LogP contribution in [-0.2, 0) is 10.0 Å². The number of carbonyl (C=O) groups is 1. The molecule has 0 unspecified atom stereocenters. The fraction of sp³-hybridized carbons (Fsp3) is 0.0833. The van der Waals surface area contributed by atoms with Crippen LogP contribution in [0.1, 0.15) is 15.2 Å². The lowest BCUT2D eigenvalue weighted by molar-refractivity contribution is 0.0703. The largest absolute Gasteiger partial charge is 0.477 e. The number of primary sulfonamides is 1. The summed E-state index contributed by atoms with van der Waals surface area (Å²) in [5, 5.41) is 15.9. The molecule has 0 aliphatic carbocycles. The highest BCUT2D eigenvalue weighted by Crippen LogP contribution is 2.32. The molecule has 0 saturated heterocycles. The Morgan fingerprint density at radius 2 is 1.84 bits per heavy atom. The quantitative estimate of drug-likeness (QED) is 0.906. The molecule has 0 atom stereocenters. The summed E-state index contributed by atoms with van der Waals surface area (Å²) in [6, 6.07) is 5.85. The molecular weight excluding hydrogens is 286 g/mol. The van der Waals surface area contributed by atoms with Crippen LogP contribution in [0, 0.1) is 6.92 Å². The Kier molecular flexibility index (Phi) is 3.44. The average molecular weight is 297 g/mol. The summed E-state index contributed by atoms with van der Waals surface area (Å²) in [6.45, 7) is 1.81. The van der Waals surface area contributed by atoms with Crippen LogP contribution in [0.5, 0.6) is 0 Å². The third-order valence-corrected chi connectivity index (χ3v) is 4.66. The van der Waals surface area contributed by atoms with Gasteiger partial charge in [0.2, 0.25) is 10.0 Å². The van der Waals surface area contributed by atoms with Crippen LogP contribution < -0.4 is 5.14 Å². The first-order chi connectivity index (χ1) is 8.80. The van der Waals surface area contributed by atoms with Gasteiger partial charge >= 0.3 is 5.97 Å². The van der Waals surface area contributed by atoms with Crippen molar-refractivity contribution in [3.05, 3.63) is 40.1 Å². The van der Waals surface area contributed by atoms with E-state index in [9.17, 15) is 13.2 Å². The Bertz CT molecular complexity index is 730. The van der Waals surface area contributed by atoms with E-state index in [4.69, 9.17) is 10.2 Å². The summed E-state index contributed by atoms with van der Waals surface area (Å²) >= 11 is 1.15. The number of sulfonamides is 1. The van der Waals surface area contributed by atoms with Crippen molar-refractivity contribution in [1.82, 2.24) is 0 Å². The molecule has 0 spiro atoms. The molecule has 1 aromatic heterocycles. The number of benzene rings is 1. The van der Waals surface area contributed by atoms with Crippen molar-refractivity contribution in [2.75, 3.05) is 0 Å². The van der Waals surface area contributed by atoms with Crippen LogP contribution in [-0.4, -0.2) is 19.5 Å². The minimum atomic E-state index is -3.74. The molecule has 5 nitrogen and oxygen atoms in total. The zero-order chi connectivity index (χ0) is 14.2. The second-order valence-corrected chi connectivity index (χ2v) is 6.44. The number of hydrogen-bond acceptors (Lipinski definition) is 4. The van der Waals surface area contributed by atoms with Crippen molar-refractivity contribution in [1.29, 1.82) is 0 Å². The SMILES string of the molecule is Cc1csc(C(=O)O)c1-c1ccc(S(N)(=O)=O)cc1. The van der Waals surface area contributed by atoms with Gasteiger partial charge in [-0.3, -0.25) is 0 Å². The second-order valence-electron chi connectivity index (χ2n) is 4.00. The van der Waals surface area contributed by atoms with Gasteiger partial charge in [-0.15, -0.1) is 11.3 Å². The summed E-state index contributed by atoms with van der Waals surface area (Å²) in [7, 11) is -3.74. The Balaban J connectivity index is 2.55. The van der Waals surface area contributed by atoms with Gasteiger partial charge in [-0.2, -0.15) is 0 Å². The van der Waals surface area contributed by atoms with Crippen molar-refractivity contribution in [3.8, 4) is 11.1 Å². The van der Waals surface area contributed by atoms with Crippen LogP contribution in [0.15, 0.2) is 34.5 Å². The average Bonchev–Trinajstić information content (AvgIpc) is 2.70. The molecule has 19 heavy (non-hydrogen) atoms. The van der Waals surface area contributed by atoms with E-state index in [0.717, 1.165) is 16.9 Å². The van der Waals surface area contributed by atoms with Gasteiger partial charge < -0.3 is 5.11 Å². The van der Waals surface area contributed by atoms with Crippen molar-refractivity contribution < 1.29 is 18.3 Å². The Labute approximate surface area is 114 Å². The normalized spacial score (nSPS) is 11.5. The van der Waals surface area contributed by atoms with E-state index in [1.807, 2.05) is 6.92 Å². The summed E-state index contributed by atoms with van der Waals surface area (Å²) in [5.41, 5.74) is 2.10. The molecule has 3 N–H and O–H groups in total. The Morgan fingerprint density at radius 1 is 1.26 bits per heavy atom. The maximum Gasteiger partial charge on any atom is 0.346 e. The predicted molar refractivity (Wildman–Crippen MR) is 72.8 cm³/mol. The van der Waals surface area contributed by atoms with E-state index in [2.05, 4.69) is 0 Å². The molecule has 0 bridgehead atoms. The van der Waals surface area contributed by atoms with Gasteiger partial charge in [-0.05, 0) is 35.6 Å². The van der Waals surface area contributed by atoms with Crippen molar-refractivity contribution in [2.45, 2.75) is 11.8 Å². The molecular formula is C12H11NO4S2. The van der Waals surface area contributed by atoms with E-state index in [1.54, 1.807) is 17.5 Å². The molecule has 0 aliphatic rings. The smallest absolute Gasteiger partial charge is 0.346 e. The standard InChI is InChI=1S/C12H11NO4S2/c1-7-6-18-11(12(14)15)10(7)8-2-4-9(5-3-8)19(13,16)17/h2-6H,1H3,(H,14,15)(H2,13,16,17). The minimum Gasteiger partial charge on any atom is -0.477 e. The van der Waals surface area contributed by atoms with Gasteiger partial charge in [0.25, 0.3) is 0 Å². The molecule has 2 aromatic rings. The van der Waals surface area contributed by atoms with Gasteiger partial charge in [-0.1, -0.05) is 12.1 Å². The number of nitrogens with two attached hydrogens (primary N) is 1. The number of rotatable bonds is 3. The van der Waals surface area contributed by atoms with Gasteiger partial charge in [0.15, 0.2) is 0 Å². The monoisotopic (exact) mass is 297 g/mol. The summed E-state index contributed by atoms with van der Waals surface area (Å²) in [4.78, 5) is 11.4. The van der Waals surface area contributed by atoms with E-state index in [0.29, 0.717) is 11.1 Å². The topological polar surface area (TPSA) is 97.5 Å². The molecule has 2 rings (SSSR count). The molecule has 0 fully saturated rings. The number of aromatic carboxylic acids is 1. The van der Waals surface area contributed by atoms with Gasteiger partial charge in [0.1, 0.15) is 4.88 Å². The highest BCUT2D eigenvalue weighted by molar-refractivity contribution is 7.89. The van der Waals surface area contributed by atoms with Gasteiger partial charge in [-0.25, -0.2) is 18.4 Å². The Morgan fingerprint density at radius 3 is 2.32 bits per heavy atom. The molecule has 0 saturated carbocycles. The number of thiophene rings is 1. The van der Waals surface area contributed by atoms with E-state index < -0.39 is 16.0 Å². The maximum atomic E-state index is 11.2. The zero-order valence-corrected chi connectivity index (χ0v) is 11.6. The van der Waals surface area contributed by atoms with Crippen LogP contribution >= 0.6 is 11.3 Å². The van der Waals surface area contributed by atoms with Crippen molar-refractivity contribution in [2.24, 2.45) is 5.14 Å². The first-order valence-corrected chi connectivity index (χ1v) is 7.68. The first-order valence-electron chi connectivity index (χ1n) is 5.25. The molecule has 0 aliphatic heterocycles. The molecule has 0 amide bonds. The van der Waals surface area contributed by atoms with E-state index >= 15 is 0 Å². The van der Waals surface area contributed by atoms with Crippen LogP contribution in [0.25, 0.3) is 11.1 Å². The van der Waals surface area contributed by atoms with Gasteiger partial charge in [0, 0.05) is 5.56 Å². The highest BCUT2D eigenvalue weighted by atomic mass is 32.2. The maximum absolute atomic E-state index is 11.2. The van der Waals surface area contributed by atoms with Crippen LogP contribution in [0.4, 0.5) is 0 Å². The summed E-state index contributed by atoms with van der Waals surface area (Å²) < 4.78 is 22.3. The Hall–Kier alpha value is -1.70. The number of carboxylic acids is 1. The fourth-order valence-electron chi connectivity index (χ4n) is 1.77. The zero-order valence-electron chi connectivity index (χ0n) is 9.95. The summed E-state index contributed by atoms with van der Waals surface area (Å²) in [5.74, 6) is -0.997. The van der Waals surface area contributed by atoms with E-state index in [-0.39, 0.29) is 9.77 Å². The van der Waals surface area contributed by atoms with Crippen molar-refractivity contribution in [3.63, 3.8) is 0 Å². The highest BCUT2D eigenvalue weighted by Gasteiger charge is 2.17. The predicted octanol–water partition coefficient (Wildman–Crippen LogP) is 2.07. The third-order valence-electron chi connectivity index (χ3n) is 2.64. The first kappa shape index (κ1) is 13.7. The second kappa shape index (κ2) is 4.76. The number of hydrogen-bond donors (Lipinski definition) is 2. The van der Waals surface area contributed by atoms with E-state index in [1.165, 1.54) is 12.1 Å². The lowest BCUT2D eigenvalue weighted by atomic mass is 10.0. The fourth-order valence-corrected chi connectivity index (χ4v) is 3.20. The lowest BCUT2D eigenvalue weighted by Crippen LogP contribution is -2.11. The van der Waals surface area contributed by atoms with Crippen molar-refractivity contribution >= 4 is 27.3 Å². The third kappa shape index (κ3) is 2.67. The molecule has 7 heteroatoms. The summed E-state index contributed by atoms with van der Waals surface area (Å²) in [6.07, 6.45) is 0. The lowest BCUT2D eigenvalue weighted by Gasteiger charge is -2.04. The van der Waals surface area contributed by atoms with Crippen LogP contribution in [0.3, 0.4) is 0 Å². The molecule has 0 radical (unpaired) electrons.